The fourth-order valence-corrected chi connectivity index (χ4v) is 2.04. The maximum atomic E-state index is 11.6. The predicted molar refractivity (Wildman–Crippen MR) is 58.7 cm³/mol. The molecule has 1 amide bonds. The molecule has 2 aliphatic rings. The zero-order valence-corrected chi connectivity index (χ0v) is 9.61. The number of nitrogens with zero attached hydrogens (tertiary/aromatic N) is 1. The Hall–Kier alpha value is -0.650. The fraction of sp³-hybridized carbons (Fsp3) is 0.909. The average Bonchev–Trinajstić information content (AvgIpc) is 2.84. The van der Waals surface area contributed by atoms with Crippen LogP contribution in [0.15, 0.2) is 0 Å². The zero-order chi connectivity index (χ0) is 11.2. The van der Waals surface area contributed by atoms with Crippen molar-refractivity contribution in [2.24, 2.45) is 0 Å². The summed E-state index contributed by atoms with van der Waals surface area (Å²) < 4.78 is 5.67. The first kappa shape index (κ1) is 11.8. The summed E-state index contributed by atoms with van der Waals surface area (Å²) in [4.78, 5) is 16.8. The van der Waals surface area contributed by atoms with Gasteiger partial charge in [0.05, 0.1) is 32.3 Å². The molecule has 16 heavy (non-hydrogen) atoms. The van der Waals surface area contributed by atoms with Crippen molar-refractivity contribution in [1.82, 2.24) is 10.4 Å². The normalized spacial score (nSPS) is 22.6. The predicted octanol–water partition coefficient (Wildman–Crippen LogP) is 0.309. The molecule has 0 aromatic carbocycles. The molecule has 2 saturated heterocycles. The first-order valence-electron chi connectivity index (χ1n) is 6.12. The van der Waals surface area contributed by atoms with E-state index in [0.717, 1.165) is 38.9 Å². The van der Waals surface area contributed by atoms with E-state index in [0.29, 0.717) is 25.7 Å². The van der Waals surface area contributed by atoms with Gasteiger partial charge in [0.1, 0.15) is 0 Å². The fourth-order valence-electron chi connectivity index (χ4n) is 2.04. The van der Waals surface area contributed by atoms with Crippen LogP contribution < -0.4 is 5.32 Å². The van der Waals surface area contributed by atoms with Gasteiger partial charge in [-0.3, -0.25) is 9.63 Å². The van der Waals surface area contributed by atoms with E-state index in [2.05, 4.69) is 5.32 Å². The molecule has 0 radical (unpaired) electrons. The van der Waals surface area contributed by atoms with Crippen LogP contribution in [0.4, 0.5) is 0 Å². The molecule has 0 bridgehead atoms. The minimum Gasteiger partial charge on any atom is -0.378 e. The topological polar surface area (TPSA) is 50.8 Å². The lowest BCUT2D eigenvalue weighted by Gasteiger charge is -2.23. The molecule has 5 heteroatoms. The second-order valence-electron chi connectivity index (χ2n) is 4.25. The van der Waals surface area contributed by atoms with Gasteiger partial charge in [-0.25, -0.2) is 5.06 Å². The van der Waals surface area contributed by atoms with Gasteiger partial charge in [0, 0.05) is 0 Å². The number of carbonyl (C=O) groups excluding carboxylic acids is 1. The van der Waals surface area contributed by atoms with E-state index in [1.54, 1.807) is 0 Å². The van der Waals surface area contributed by atoms with Gasteiger partial charge < -0.3 is 10.1 Å². The van der Waals surface area contributed by atoms with E-state index in [1.807, 2.05) is 0 Å². The Labute approximate surface area is 96.0 Å². The van der Waals surface area contributed by atoms with Crippen LogP contribution in [0.5, 0.6) is 0 Å². The second kappa shape index (κ2) is 6.18. The molecule has 2 rings (SSSR count). The summed E-state index contributed by atoms with van der Waals surface area (Å²) in [7, 11) is 0. The molecule has 0 aromatic heterocycles. The van der Waals surface area contributed by atoms with E-state index < -0.39 is 0 Å². The van der Waals surface area contributed by atoms with Crippen LogP contribution in [0.2, 0.25) is 0 Å². The Morgan fingerprint density at radius 3 is 2.94 bits per heavy atom. The number of amides is 1. The van der Waals surface area contributed by atoms with E-state index in [1.165, 1.54) is 5.06 Å². The van der Waals surface area contributed by atoms with Gasteiger partial charge in [0.15, 0.2) is 0 Å². The van der Waals surface area contributed by atoms with E-state index in [-0.39, 0.29) is 5.91 Å². The van der Waals surface area contributed by atoms with Crippen LogP contribution in [0, 0.1) is 0 Å². The molecule has 92 valence electrons. The van der Waals surface area contributed by atoms with Crippen LogP contribution in [0.3, 0.4) is 0 Å². The standard InChI is InChI=1S/C11H20N2O3/c14-11(13-7-1-8-16-13)4-9-15-10-2-5-12-6-3-10/h10,12H,1-9H2. The Kier molecular flexibility index (Phi) is 4.56. The number of ether oxygens (including phenoxy) is 1. The van der Waals surface area contributed by atoms with Crippen LogP contribution in [0.25, 0.3) is 0 Å². The lowest BCUT2D eigenvalue weighted by atomic mass is 10.1. The summed E-state index contributed by atoms with van der Waals surface area (Å²) >= 11 is 0. The molecule has 0 saturated carbocycles. The van der Waals surface area contributed by atoms with Crippen molar-refractivity contribution in [2.45, 2.75) is 31.8 Å². The maximum absolute atomic E-state index is 11.6. The highest BCUT2D eigenvalue weighted by Crippen LogP contribution is 2.09. The molecule has 0 spiro atoms. The summed E-state index contributed by atoms with van der Waals surface area (Å²) in [6.45, 7) is 3.96. The van der Waals surface area contributed by atoms with Crippen molar-refractivity contribution in [2.75, 3.05) is 32.8 Å². The first-order chi connectivity index (χ1) is 7.86. The third kappa shape index (κ3) is 3.43. The zero-order valence-electron chi connectivity index (χ0n) is 9.61. The molecule has 2 fully saturated rings. The Bertz CT molecular complexity index is 223. The van der Waals surface area contributed by atoms with Crippen molar-refractivity contribution in [3.63, 3.8) is 0 Å². The summed E-state index contributed by atoms with van der Waals surface area (Å²) in [5.74, 6) is 0.0476. The molecule has 0 aromatic rings. The number of hydrogen-bond donors (Lipinski definition) is 1. The Balaban J connectivity index is 1.57. The largest absolute Gasteiger partial charge is 0.378 e. The highest BCUT2D eigenvalue weighted by Gasteiger charge is 2.19. The summed E-state index contributed by atoms with van der Waals surface area (Å²) in [5.41, 5.74) is 0. The van der Waals surface area contributed by atoms with Crippen LogP contribution >= 0.6 is 0 Å². The van der Waals surface area contributed by atoms with Gasteiger partial charge in [-0.1, -0.05) is 0 Å². The monoisotopic (exact) mass is 228 g/mol. The van der Waals surface area contributed by atoms with E-state index in [4.69, 9.17) is 9.57 Å². The van der Waals surface area contributed by atoms with Gasteiger partial charge in [-0.15, -0.1) is 0 Å². The van der Waals surface area contributed by atoms with Crippen LogP contribution in [-0.2, 0) is 14.4 Å². The quantitative estimate of drug-likeness (QED) is 0.752. The minimum atomic E-state index is 0.0476. The van der Waals surface area contributed by atoms with Crippen molar-refractivity contribution >= 4 is 5.91 Å². The van der Waals surface area contributed by atoms with Gasteiger partial charge in [0.2, 0.25) is 5.91 Å². The lowest BCUT2D eigenvalue weighted by Crippen LogP contribution is -2.33. The molecule has 0 atom stereocenters. The van der Waals surface area contributed by atoms with Gasteiger partial charge >= 0.3 is 0 Å². The molecular weight excluding hydrogens is 208 g/mol. The first-order valence-corrected chi connectivity index (χ1v) is 6.12. The summed E-state index contributed by atoms with van der Waals surface area (Å²) in [6.07, 6.45) is 3.81. The smallest absolute Gasteiger partial charge is 0.248 e. The van der Waals surface area contributed by atoms with Crippen molar-refractivity contribution in [1.29, 1.82) is 0 Å². The molecule has 2 heterocycles. The number of piperidine rings is 1. The second-order valence-corrected chi connectivity index (χ2v) is 4.25. The molecule has 2 aliphatic heterocycles. The molecule has 1 N–H and O–H groups in total. The Morgan fingerprint density at radius 1 is 1.44 bits per heavy atom. The highest BCUT2D eigenvalue weighted by atomic mass is 16.7. The number of nitrogens with one attached hydrogen (secondary N) is 1. The SMILES string of the molecule is O=C(CCOC1CCNCC1)N1CCCO1. The van der Waals surface area contributed by atoms with E-state index in [9.17, 15) is 4.79 Å². The average molecular weight is 228 g/mol. The lowest BCUT2D eigenvalue weighted by molar-refractivity contribution is -0.170. The van der Waals surface area contributed by atoms with Crippen LogP contribution in [0.1, 0.15) is 25.7 Å². The van der Waals surface area contributed by atoms with Crippen LogP contribution in [-0.4, -0.2) is 49.9 Å². The summed E-state index contributed by atoms with van der Waals surface area (Å²) in [5, 5.41) is 4.75. The number of carbonyl (C=O) groups is 1. The third-order valence-corrected chi connectivity index (χ3v) is 2.99. The maximum Gasteiger partial charge on any atom is 0.248 e. The van der Waals surface area contributed by atoms with Gasteiger partial charge in [0.25, 0.3) is 0 Å². The number of hydrogen-bond acceptors (Lipinski definition) is 4. The Morgan fingerprint density at radius 2 is 2.25 bits per heavy atom. The van der Waals surface area contributed by atoms with Gasteiger partial charge in [-0.2, -0.15) is 0 Å². The van der Waals surface area contributed by atoms with Crippen molar-refractivity contribution in [3.8, 4) is 0 Å². The molecular formula is C11H20N2O3. The summed E-state index contributed by atoms with van der Waals surface area (Å²) in [6, 6.07) is 0. The number of rotatable bonds is 4. The number of hydroxylamine groups is 2. The van der Waals surface area contributed by atoms with Crippen molar-refractivity contribution in [3.05, 3.63) is 0 Å². The molecule has 5 nitrogen and oxygen atoms in total. The third-order valence-electron chi connectivity index (χ3n) is 2.99. The molecule has 0 aliphatic carbocycles. The van der Waals surface area contributed by atoms with Crippen molar-refractivity contribution < 1.29 is 14.4 Å². The van der Waals surface area contributed by atoms with Gasteiger partial charge in [-0.05, 0) is 32.4 Å². The minimum absolute atomic E-state index is 0.0476. The van der Waals surface area contributed by atoms with E-state index >= 15 is 0 Å². The molecule has 0 unspecified atom stereocenters. The highest BCUT2D eigenvalue weighted by molar-refractivity contribution is 5.75.